The van der Waals surface area contributed by atoms with Gasteiger partial charge in [-0.3, -0.25) is 0 Å². The Morgan fingerprint density at radius 2 is 1.36 bits per heavy atom. The zero-order valence-electron chi connectivity index (χ0n) is 16.8. The molecule has 2 nitrogen and oxygen atoms in total. The number of aromatic amines is 1. The molecule has 0 bridgehead atoms. The molecule has 0 radical (unpaired) electrons. The van der Waals surface area contributed by atoms with E-state index in [2.05, 4.69) is 111 Å². The van der Waals surface area contributed by atoms with Gasteiger partial charge in [-0.05, 0) is 33.1 Å². The molecule has 1 heterocycles. The highest BCUT2D eigenvalue weighted by Crippen LogP contribution is 2.37. The van der Waals surface area contributed by atoms with Gasteiger partial charge in [0.15, 0.2) is 0 Å². The van der Waals surface area contributed by atoms with Gasteiger partial charge in [-0.2, -0.15) is 0 Å². The summed E-state index contributed by atoms with van der Waals surface area (Å²) < 4.78 is 7.05. The third-order valence-electron chi connectivity index (χ3n) is 5.55. The molecule has 0 aliphatic rings. The SMILES string of the molecule is CC(C)(C)[Si](OCc1cccc2[nH]ccc12)(c1ccccc1)c1ccccc1. The largest absolute Gasteiger partial charge is 0.403 e. The lowest BCUT2D eigenvalue weighted by Crippen LogP contribution is -2.66. The van der Waals surface area contributed by atoms with Gasteiger partial charge >= 0.3 is 0 Å². The topological polar surface area (TPSA) is 25.0 Å². The summed E-state index contributed by atoms with van der Waals surface area (Å²) in [6, 6.07) is 30.1. The average molecular weight is 386 g/mol. The Morgan fingerprint density at radius 1 is 0.750 bits per heavy atom. The number of nitrogens with one attached hydrogen (secondary N) is 1. The monoisotopic (exact) mass is 385 g/mol. The van der Waals surface area contributed by atoms with Gasteiger partial charge in [0.1, 0.15) is 0 Å². The van der Waals surface area contributed by atoms with Crippen LogP contribution in [0.25, 0.3) is 10.9 Å². The van der Waals surface area contributed by atoms with E-state index in [0.29, 0.717) is 6.61 Å². The zero-order chi connectivity index (χ0) is 19.6. The minimum absolute atomic E-state index is 0.0122. The van der Waals surface area contributed by atoms with Crippen LogP contribution in [-0.2, 0) is 11.0 Å². The van der Waals surface area contributed by atoms with E-state index in [4.69, 9.17) is 4.43 Å². The predicted molar refractivity (Wildman–Crippen MR) is 121 cm³/mol. The van der Waals surface area contributed by atoms with E-state index < -0.39 is 8.32 Å². The van der Waals surface area contributed by atoms with Crippen LogP contribution >= 0.6 is 0 Å². The molecule has 142 valence electrons. The van der Waals surface area contributed by atoms with Crippen LogP contribution in [0, 0.1) is 0 Å². The summed E-state index contributed by atoms with van der Waals surface area (Å²) in [5.74, 6) is 0. The van der Waals surface area contributed by atoms with Crippen molar-refractivity contribution in [2.75, 3.05) is 0 Å². The Balaban J connectivity index is 1.84. The molecular weight excluding hydrogens is 358 g/mol. The van der Waals surface area contributed by atoms with E-state index in [1.807, 2.05) is 6.20 Å². The Kier molecular flexibility index (Phi) is 4.96. The Morgan fingerprint density at radius 3 is 1.93 bits per heavy atom. The Labute approximate surface area is 168 Å². The van der Waals surface area contributed by atoms with E-state index in [1.165, 1.54) is 21.3 Å². The highest BCUT2D eigenvalue weighted by Gasteiger charge is 2.50. The number of hydrogen-bond donors (Lipinski definition) is 1. The van der Waals surface area contributed by atoms with Crippen LogP contribution in [0.4, 0.5) is 0 Å². The summed E-state index contributed by atoms with van der Waals surface area (Å²) in [5, 5.41) is 3.85. The van der Waals surface area contributed by atoms with Crippen molar-refractivity contribution in [2.24, 2.45) is 0 Å². The molecule has 1 aromatic heterocycles. The number of aromatic nitrogens is 1. The fourth-order valence-corrected chi connectivity index (χ4v) is 8.75. The van der Waals surface area contributed by atoms with Crippen LogP contribution in [0.5, 0.6) is 0 Å². The molecule has 3 aromatic carbocycles. The van der Waals surface area contributed by atoms with E-state index in [0.717, 1.165) is 5.52 Å². The maximum absolute atomic E-state index is 7.05. The lowest BCUT2D eigenvalue weighted by molar-refractivity contribution is 0.287. The second-order valence-electron chi connectivity index (χ2n) is 8.31. The van der Waals surface area contributed by atoms with E-state index in [-0.39, 0.29) is 5.04 Å². The first-order chi connectivity index (χ1) is 13.5. The highest BCUT2D eigenvalue weighted by molar-refractivity contribution is 6.99. The lowest BCUT2D eigenvalue weighted by atomic mass is 10.1. The normalized spacial score (nSPS) is 12.4. The molecule has 0 aliphatic carbocycles. The van der Waals surface area contributed by atoms with Crippen molar-refractivity contribution in [3.8, 4) is 0 Å². The van der Waals surface area contributed by atoms with Gasteiger partial charge in [-0.25, -0.2) is 0 Å². The van der Waals surface area contributed by atoms with Crippen molar-refractivity contribution in [2.45, 2.75) is 32.4 Å². The van der Waals surface area contributed by atoms with Gasteiger partial charge in [0.2, 0.25) is 0 Å². The fourth-order valence-electron chi connectivity index (χ4n) is 4.22. The van der Waals surface area contributed by atoms with Crippen molar-refractivity contribution < 1.29 is 4.43 Å². The minimum Gasteiger partial charge on any atom is -0.403 e. The van der Waals surface area contributed by atoms with Crippen molar-refractivity contribution in [3.63, 3.8) is 0 Å². The first-order valence-corrected chi connectivity index (χ1v) is 11.7. The van der Waals surface area contributed by atoms with Gasteiger partial charge in [0.05, 0.1) is 6.61 Å². The molecule has 3 heteroatoms. The average Bonchev–Trinajstić information content (AvgIpc) is 3.19. The molecular formula is C25H27NOSi. The number of fused-ring (bicyclic) bond motifs is 1. The number of rotatable bonds is 5. The van der Waals surface area contributed by atoms with Gasteiger partial charge in [-0.15, -0.1) is 0 Å². The summed E-state index contributed by atoms with van der Waals surface area (Å²) >= 11 is 0. The minimum atomic E-state index is -2.51. The van der Waals surface area contributed by atoms with Crippen molar-refractivity contribution in [1.29, 1.82) is 0 Å². The van der Waals surface area contributed by atoms with Gasteiger partial charge in [0.25, 0.3) is 8.32 Å². The molecule has 28 heavy (non-hydrogen) atoms. The number of benzene rings is 3. The summed E-state index contributed by atoms with van der Waals surface area (Å²) in [6.45, 7) is 7.55. The van der Waals surface area contributed by atoms with Crippen LogP contribution in [-0.4, -0.2) is 13.3 Å². The van der Waals surface area contributed by atoms with Crippen LogP contribution in [0.1, 0.15) is 26.3 Å². The first kappa shape index (κ1) is 18.7. The van der Waals surface area contributed by atoms with Crippen LogP contribution < -0.4 is 10.4 Å². The molecule has 0 spiro atoms. The molecule has 0 atom stereocenters. The standard InChI is InChI=1S/C25H27NOSi/c1-25(2,3)28(21-12-6-4-7-13-21,22-14-8-5-9-15-22)27-19-20-11-10-16-24-23(20)17-18-26-24/h4-18,26H,19H2,1-3H3. The maximum Gasteiger partial charge on any atom is 0.261 e. The smallest absolute Gasteiger partial charge is 0.261 e. The van der Waals surface area contributed by atoms with Crippen molar-refractivity contribution >= 4 is 29.6 Å². The summed E-state index contributed by atoms with van der Waals surface area (Å²) in [7, 11) is -2.51. The molecule has 0 saturated heterocycles. The summed E-state index contributed by atoms with van der Waals surface area (Å²) in [6.07, 6.45) is 2.00. The third kappa shape index (κ3) is 3.21. The molecule has 0 saturated carbocycles. The highest BCUT2D eigenvalue weighted by atomic mass is 28.4. The van der Waals surface area contributed by atoms with Gasteiger partial charge in [0, 0.05) is 17.1 Å². The quantitative estimate of drug-likeness (QED) is 0.467. The molecule has 0 amide bonds. The van der Waals surface area contributed by atoms with Gasteiger partial charge < -0.3 is 9.41 Å². The Hall–Kier alpha value is -2.62. The van der Waals surface area contributed by atoms with Crippen LogP contribution in [0.15, 0.2) is 91.1 Å². The molecule has 0 unspecified atom stereocenters. The predicted octanol–water partition coefficient (Wildman–Crippen LogP) is 5.24. The van der Waals surface area contributed by atoms with E-state index in [1.54, 1.807) is 0 Å². The summed E-state index contributed by atoms with van der Waals surface area (Å²) in [5.41, 5.74) is 2.38. The number of hydrogen-bond acceptors (Lipinski definition) is 1. The molecule has 4 rings (SSSR count). The van der Waals surface area contributed by atoms with E-state index >= 15 is 0 Å². The Bertz CT molecular complexity index is 1010. The van der Waals surface area contributed by atoms with Gasteiger partial charge in [-0.1, -0.05) is 93.6 Å². The molecule has 0 fully saturated rings. The lowest BCUT2D eigenvalue weighted by Gasteiger charge is -2.43. The molecule has 0 aliphatic heterocycles. The summed E-state index contributed by atoms with van der Waals surface area (Å²) in [4.78, 5) is 3.31. The van der Waals surface area contributed by atoms with Crippen molar-refractivity contribution in [3.05, 3.63) is 96.7 Å². The third-order valence-corrected chi connectivity index (χ3v) is 10.5. The van der Waals surface area contributed by atoms with E-state index in [9.17, 15) is 0 Å². The first-order valence-electron chi connectivity index (χ1n) is 9.82. The van der Waals surface area contributed by atoms with Crippen molar-refractivity contribution in [1.82, 2.24) is 4.98 Å². The fraction of sp³-hybridized carbons (Fsp3) is 0.200. The molecule has 1 N–H and O–H groups in total. The second-order valence-corrected chi connectivity index (χ2v) is 12.6. The maximum atomic E-state index is 7.05. The molecule has 4 aromatic rings. The zero-order valence-corrected chi connectivity index (χ0v) is 17.8. The second kappa shape index (κ2) is 7.42. The number of H-pyrrole nitrogens is 1. The van der Waals surface area contributed by atoms with Crippen LogP contribution in [0.3, 0.4) is 0 Å². The van der Waals surface area contributed by atoms with Crippen LogP contribution in [0.2, 0.25) is 5.04 Å².